The molecule has 0 atom stereocenters. The fourth-order valence-electron chi connectivity index (χ4n) is 1.63. The number of rotatable bonds is 3. The normalized spacial score (nSPS) is 9.85. The number of nitriles is 1. The monoisotopic (exact) mass is 349 g/mol. The largest absolute Gasteiger partial charge is 0.457 e. The lowest BCUT2D eigenvalue weighted by Crippen LogP contribution is -2.06. The first-order valence-corrected chi connectivity index (χ1v) is 6.89. The molecule has 20 heavy (non-hydrogen) atoms. The van der Waals surface area contributed by atoms with Crippen LogP contribution in [-0.4, -0.2) is 5.97 Å². The van der Waals surface area contributed by atoms with Crippen molar-refractivity contribution in [1.29, 1.82) is 5.26 Å². The van der Waals surface area contributed by atoms with E-state index < -0.39 is 5.97 Å². The predicted molar refractivity (Wildman–Crippen MR) is 79.4 cm³/mol. The van der Waals surface area contributed by atoms with Gasteiger partial charge in [-0.15, -0.1) is 0 Å². The number of esters is 1. The smallest absolute Gasteiger partial charge is 0.340 e. The van der Waals surface area contributed by atoms with Crippen LogP contribution < -0.4 is 0 Å². The van der Waals surface area contributed by atoms with Crippen molar-refractivity contribution >= 4 is 33.5 Å². The van der Waals surface area contributed by atoms with Gasteiger partial charge in [-0.25, -0.2) is 4.79 Å². The average molecular weight is 351 g/mol. The highest BCUT2D eigenvalue weighted by Crippen LogP contribution is 2.22. The molecule has 3 nitrogen and oxygen atoms in total. The molecule has 0 bridgehead atoms. The van der Waals surface area contributed by atoms with E-state index in [9.17, 15) is 4.79 Å². The van der Waals surface area contributed by atoms with Crippen LogP contribution in [0.25, 0.3) is 0 Å². The van der Waals surface area contributed by atoms with Gasteiger partial charge in [0.05, 0.1) is 22.2 Å². The molecule has 2 aromatic rings. The Morgan fingerprint density at radius 3 is 2.80 bits per heavy atom. The van der Waals surface area contributed by atoms with Crippen molar-refractivity contribution in [2.75, 3.05) is 0 Å². The van der Waals surface area contributed by atoms with Crippen molar-refractivity contribution in [3.63, 3.8) is 0 Å². The van der Waals surface area contributed by atoms with E-state index in [1.54, 1.807) is 42.5 Å². The van der Waals surface area contributed by atoms with Crippen LogP contribution in [0.15, 0.2) is 46.9 Å². The van der Waals surface area contributed by atoms with E-state index in [1.807, 2.05) is 0 Å². The molecule has 100 valence electrons. The van der Waals surface area contributed by atoms with Crippen LogP contribution in [0.3, 0.4) is 0 Å². The van der Waals surface area contributed by atoms with Gasteiger partial charge in [-0.1, -0.05) is 45.7 Å². The summed E-state index contributed by atoms with van der Waals surface area (Å²) in [7, 11) is 0. The molecule has 0 aliphatic heterocycles. The molecule has 0 aliphatic rings. The Balaban J connectivity index is 2.13. The number of halogens is 2. The van der Waals surface area contributed by atoms with Gasteiger partial charge in [-0.05, 0) is 24.3 Å². The molecule has 0 aromatic heterocycles. The molecular formula is C15H9BrClNO2. The van der Waals surface area contributed by atoms with E-state index in [0.29, 0.717) is 16.1 Å². The molecule has 0 heterocycles. The number of hydrogen-bond donors (Lipinski definition) is 0. The van der Waals surface area contributed by atoms with Crippen LogP contribution in [0.2, 0.25) is 5.02 Å². The molecule has 0 saturated heterocycles. The summed E-state index contributed by atoms with van der Waals surface area (Å²) in [5.74, 6) is -0.524. The summed E-state index contributed by atoms with van der Waals surface area (Å²) in [4.78, 5) is 12.0. The summed E-state index contributed by atoms with van der Waals surface area (Å²) in [6, 6.07) is 14.0. The molecule has 0 unspecified atom stereocenters. The van der Waals surface area contributed by atoms with Crippen molar-refractivity contribution in [2.45, 2.75) is 6.61 Å². The zero-order chi connectivity index (χ0) is 14.5. The number of carbonyl (C=O) groups excluding carboxylic acids is 1. The fraction of sp³-hybridized carbons (Fsp3) is 0.0667. The lowest BCUT2D eigenvalue weighted by Gasteiger charge is -2.07. The molecule has 0 saturated carbocycles. The first-order valence-electron chi connectivity index (χ1n) is 5.72. The second-order valence-electron chi connectivity index (χ2n) is 3.97. The fourth-order valence-corrected chi connectivity index (χ4v) is 2.19. The highest BCUT2D eigenvalue weighted by Gasteiger charge is 2.13. The third-order valence-electron chi connectivity index (χ3n) is 2.64. The van der Waals surface area contributed by atoms with E-state index >= 15 is 0 Å². The zero-order valence-electron chi connectivity index (χ0n) is 10.3. The van der Waals surface area contributed by atoms with Gasteiger partial charge >= 0.3 is 5.97 Å². The molecule has 0 fully saturated rings. The number of carbonyl (C=O) groups is 1. The zero-order valence-corrected chi connectivity index (χ0v) is 12.6. The Labute approximate surface area is 129 Å². The quantitative estimate of drug-likeness (QED) is 0.774. The van der Waals surface area contributed by atoms with Gasteiger partial charge in [0, 0.05) is 10.0 Å². The van der Waals surface area contributed by atoms with E-state index in [1.165, 1.54) is 0 Å². The van der Waals surface area contributed by atoms with Gasteiger partial charge in [-0.3, -0.25) is 0 Å². The van der Waals surface area contributed by atoms with E-state index in [4.69, 9.17) is 21.6 Å². The van der Waals surface area contributed by atoms with Gasteiger partial charge < -0.3 is 4.74 Å². The molecule has 0 radical (unpaired) electrons. The molecule has 0 aliphatic carbocycles. The average Bonchev–Trinajstić information content (AvgIpc) is 2.47. The first kappa shape index (κ1) is 14.6. The maximum atomic E-state index is 12.0. The maximum absolute atomic E-state index is 12.0. The molecular weight excluding hydrogens is 342 g/mol. The second-order valence-corrected chi connectivity index (χ2v) is 5.29. The van der Waals surface area contributed by atoms with Gasteiger partial charge in [0.15, 0.2) is 0 Å². The highest BCUT2D eigenvalue weighted by atomic mass is 79.9. The second kappa shape index (κ2) is 6.56. The SMILES string of the molecule is N#Cc1ccccc1COC(=O)c1cc(Br)ccc1Cl. The van der Waals surface area contributed by atoms with Crippen molar-refractivity contribution in [3.8, 4) is 6.07 Å². The van der Waals surface area contributed by atoms with Gasteiger partial charge in [0.1, 0.15) is 6.61 Å². The summed E-state index contributed by atoms with van der Waals surface area (Å²) < 4.78 is 5.94. The van der Waals surface area contributed by atoms with Gasteiger partial charge in [0.25, 0.3) is 0 Å². The van der Waals surface area contributed by atoms with Crippen molar-refractivity contribution in [2.24, 2.45) is 0 Å². The Morgan fingerprint density at radius 2 is 2.05 bits per heavy atom. The van der Waals surface area contributed by atoms with Crippen molar-refractivity contribution in [1.82, 2.24) is 0 Å². The summed E-state index contributed by atoms with van der Waals surface area (Å²) in [6.45, 7) is 0.0331. The molecule has 5 heteroatoms. The Bertz CT molecular complexity index is 695. The van der Waals surface area contributed by atoms with Crippen LogP contribution in [-0.2, 0) is 11.3 Å². The predicted octanol–water partition coefficient (Wildman–Crippen LogP) is 4.33. The molecule has 0 N–H and O–H groups in total. The third-order valence-corrected chi connectivity index (χ3v) is 3.47. The molecule has 2 aromatic carbocycles. The standard InChI is InChI=1S/C15H9BrClNO2/c16-12-5-6-14(17)13(7-12)15(19)20-9-11-4-2-1-3-10(11)8-18/h1-7H,9H2. The summed E-state index contributed by atoms with van der Waals surface area (Å²) in [5.41, 5.74) is 1.44. The van der Waals surface area contributed by atoms with Crippen molar-refractivity contribution in [3.05, 3.63) is 68.7 Å². The van der Waals surface area contributed by atoms with Gasteiger partial charge in [0.2, 0.25) is 0 Å². The molecule has 2 rings (SSSR count). The van der Waals surface area contributed by atoms with Crippen molar-refractivity contribution < 1.29 is 9.53 Å². The van der Waals surface area contributed by atoms with Gasteiger partial charge in [-0.2, -0.15) is 5.26 Å². The summed E-state index contributed by atoms with van der Waals surface area (Å²) in [6.07, 6.45) is 0. The minimum Gasteiger partial charge on any atom is -0.457 e. The minimum absolute atomic E-state index is 0.0331. The van der Waals surface area contributed by atoms with E-state index in [2.05, 4.69) is 22.0 Å². The van der Waals surface area contributed by atoms with Crippen LogP contribution in [0.1, 0.15) is 21.5 Å². The highest BCUT2D eigenvalue weighted by molar-refractivity contribution is 9.10. The number of nitrogens with zero attached hydrogens (tertiary/aromatic N) is 1. The van der Waals surface area contributed by atoms with Crippen LogP contribution in [0.4, 0.5) is 0 Å². The van der Waals surface area contributed by atoms with E-state index in [-0.39, 0.29) is 12.2 Å². The summed E-state index contributed by atoms with van der Waals surface area (Å²) in [5, 5.41) is 9.29. The Kier molecular flexibility index (Phi) is 4.78. The summed E-state index contributed by atoms with van der Waals surface area (Å²) >= 11 is 9.23. The Hall–Kier alpha value is -1.83. The number of ether oxygens (including phenoxy) is 1. The van der Waals surface area contributed by atoms with E-state index in [0.717, 1.165) is 4.47 Å². The van der Waals surface area contributed by atoms with Crippen LogP contribution >= 0.6 is 27.5 Å². The van der Waals surface area contributed by atoms with Crippen LogP contribution in [0, 0.1) is 11.3 Å². The number of benzene rings is 2. The lowest BCUT2D eigenvalue weighted by atomic mass is 10.1. The molecule has 0 spiro atoms. The third kappa shape index (κ3) is 3.38. The first-order chi connectivity index (χ1) is 9.61. The maximum Gasteiger partial charge on any atom is 0.340 e. The minimum atomic E-state index is -0.524. The molecule has 0 amide bonds. The Morgan fingerprint density at radius 1 is 1.30 bits per heavy atom. The lowest BCUT2D eigenvalue weighted by molar-refractivity contribution is 0.0472. The number of hydrogen-bond acceptors (Lipinski definition) is 3. The van der Waals surface area contributed by atoms with Crippen LogP contribution in [0.5, 0.6) is 0 Å². The topological polar surface area (TPSA) is 50.1 Å².